The van der Waals surface area contributed by atoms with E-state index in [1.54, 1.807) is 0 Å². The predicted molar refractivity (Wildman–Crippen MR) is 78.7 cm³/mol. The third-order valence-corrected chi connectivity index (χ3v) is 4.15. The van der Waals surface area contributed by atoms with Crippen LogP contribution in [-0.4, -0.2) is 28.0 Å². The van der Waals surface area contributed by atoms with Crippen LogP contribution in [0.15, 0.2) is 0 Å². The fourth-order valence-corrected chi connectivity index (χ4v) is 2.87. The second kappa shape index (κ2) is 6.37. The Labute approximate surface area is 119 Å². The fraction of sp³-hybridized carbons (Fsp3) is 0.769. The van der Waals surface area contributed by atoms with Gasteiger partial charge in [0.25, 0.3) is 0 Å². The number of hydrogen-bond acceptors (Lipinski definition) is 5. The van der Waals surface area contributed by atoms with Crippen molar-refractivity contribution in [3.05, 3.63) is 5.28 Å². The minimum atomic E-state index is 0.227. The van der Waals surface area contributed by atoms with Crippen LogP contribution in [0, 0.1) is 5.41 Å². The first kappa shape index (κ1) is 14.3. The summed E-state index contributed by atoms with van der Waals surface area (Å²) in [6.45, 7) is 5.93. The van der Waals surface area contributed by atoms with Crippen LogP contribution in [0.3, 0.4) is 0 Å². The Balaban J connectivity index is 2.02. The second-order valence-electron chi connectivity index (χ2n) is 5.20. The molecule has 0 atom stereocenters. The number of hydrogen-bond donors (Lipinski definition) is 2. The van der Waals surface area contributed by atoms with Gasteiger partial charge in [0.1, 0.15) is 0 Å². The van der Waals surface area contributed by atoms with Gasteiger partial charge in [0.2, 0.25) is 17.2 Å². The molecule has 1 aromatic heterocycles. The van der Waals surface area contributed by atoms with Crippen LogP contribution in [0.4, 0.5) is 11.9 Å². The molecule has 1 aliphatic carbocycles. The molecule has 0 saturated heterocycles. The van der Waals surface area contributed by atoms with Crippen molar-refractivity contribution < 1.29 is 0 Å². The molecule has 106 valence electrons. The van der Waals surface area contributed by atoms with Crippen LogP contribution in [0.5, 0.6) is 0 Å². The molecule has 0 spiro atoms. The van der Waals surface area contributed by atoms with Crippen LogP contribution in [-0.2, 0) is 0 Å². The number of anilines is 2. The maximum absolute atomic E-state index is 5.91. The molecule has 0 radical (unpaired) electrons. The van der Waals surface area contributed by atoms with Crippen molar-refractivity contribution >= 4 is 23.5 Å². The highest BCUT2D eigenvalue weighted by atomic mass is 35.5. The van der Waals surface area contributed by atoms with E-state index in [9.17, 15) is 0 Å². The first-order chi connectivity index (χ1) is 9.17. The summed E-state index contributed by atoms with van der Waals surface area (Å²) in [5, 5.41) is 6.61. The van der Waals surface area contributed by atoms with Crippen molar-refractivity contribution in [2.24, 2.45) is 5.41 Å². The van der Waals surface area contributed by atoms with E-state index in [4.69, 9.17) is 11.6 Å². The molecule has 6 heteroatoms. The van der Waals surface area contributed by atoms with Gasteiger partial charge >= 0.3 is 0 Å². The van der Waals surface area contributed by atoms with Crippen LogP contribution in [0.2, 0.25) is 5.28 Å². The van der Waals surface area contributed by atoms with Gasteiger partial charge in [-0.2, -0.15) is 15.0 Å². The molecule has 1 fully saturated rings. The second-order valence-corrected chi connectivity index (χ2v) is 5.53. The highest BCUT2D eigenvalue weighted by molar-refractivity contribution is 6.28. The highest BCUT2D eigenvalue weighted by Gasteiger charge is 2.31. The monoisotopic (exact) mass is 283 g/mol. The minimum absolute atomic E-state index is 0.227. The molecule has 1 saturated carbocycles. The van der Waals surface area contributed by atoms with Gasteiger partial charge in [-0.05, 0) is 43.2 Å². The lowest BCUT2D eigenvalue weighted by atomic mass is 9.83. The van der Waals surface area contributed by atoms with Crippen molar-refractivity contribution in [3.63, 3.8) is 0 Å². The van der Waals surface area contributed by atoms with E-state index in [2.05, 4.69) is 32.5 Å². The molecule has 0 unspecified atom stereocenters. The Kier molecular flexibility index (Phi) is 4.80. The molecule has 2 N–H and O–H groups in total. The zero-order valence-electron chi connectivity index (χ0n) is 11.7. The summed E-state index contributed by atoms with van der Waals surface area (Å²) in [6.07, 6.45) is 6.43. The number of nitrogens with one attached hydrogen (secondary N) is 2. The van der Waals surface area contributed by atoms with E-state index >= 15 is 0 Å². The average molecular weight is 284 g/mol. The maximum atomic E-state index is 5.91. The molecule has 1 aromatic rings. The smallest absolute Gasteiger partial charge is 0.228 e. The molecular formula is C13H22ClN5. The summed E-state index contributed by atoms with van der Waals surface area (Å²) in [5.41, 5.74) is 0.400. The zero-order chi connectivity index (χ0) is 13.7. The van der Waals surface area contributed by atoms with Gasteiger partial charge < -0.3 is 10.6 Å². The molecule has 19 heavy (non-hydrogen) atoms. The van der Waals surface area contributed by atoms with Crippen LogP contribution in [0.25, 0.3) is 0 Å². The van der Waals surface area contributed by atoms with Crippen molar-refractivity contribution in [3.8, 4) is 0 Å². The van der Waals surface area contributed by atoms with Crippen molar-refractivity contribution in [1.29, 1.82) is 0 Å². The molecule has 5 nitrogen and oxygen atoms in total. The summed E-state index contributed by atoms with van der Waals surface area (Å²) in [7, 11) is 0. The summed E-state index contributed by atoms with van der Waals surface area (Å²) in [6, 6.07) is 0. The van der Waals surface area contributed by atoms with Gasteiger partial charge in [-0.1, -0.05) is 19.8 Å². The van der Waals surface area contributed by atoms with Gasteiger partial charge in [0, 0.05) is 13.1 Å². The average Bonchev–Trinajstić information content (AvgIpc) is 2.86. The Hall–Kier alpha value is -1.10. The van der Waals surface area contributed by atoms with Gasteiger partial charge in [0.15, 0.2) is 0 Å². The number of rotatable bonds is 6. The molecule has 0 bridgehead atoms. The van der Waals surface area contributed by atoms with E-state index in [0.717, 1.165) is 13.1 Å². The topological polar surface area (TPSA) is 62.7 Å². The van der Waals surface area contributed by atoms with Crippen molar-refractivity contribution in [1.82, 2.24) is 15.0 Å². The standard InChI is InChI=1S/C13H22ClN5/c1-3-13(7-5-6-8-13)9-16-12-18-10(14)17-11(19-12)15-4-2/h3-9H2,1-2H3,(H2,15,16,17,18,19). The minimum Gasteiger partial charge on any atom is -0.354 e. The largest absolute Gasteiger partial charge is 0.354 e. The number of nitrogens with zero attached hydrogens (tertiary/aromatic N) is 3. The quantitative estimate of drug-likeness (QED) is 0.838. The normalized spacial score (nSPS) is 17.4. The van der Waals surface area contributed by atoms with Gasteiger partial charge in [-0.3, -0.25) is 0 Å². The van der Waals surface area contributed by atoms with E-state index in [-0.39, 0.29) is 5.28 Å². The van der Waals surface area contributed by atoms with E-state index in [0.29, 0.717) is 17.3 Å². The summed E-state index contributed by atoms with van der Waals surface area (Å²) >= 11 is 5.91. The molecule has 2 rings (SSSR count). The van der Waals surface area contributed by atoms with Crippen LogP contribution in [0.1, 0.15) is 46.0 Å². The number of aromatic nitrogens is 3. The number of halogens is 1. The third kappa shape index (κ3) is 3.69. The predicted octanol–water partition coefficient (Wildman–Crippen LogP) is 3.34. The molecule has 1 aliphatic rings. The summed E-state index contributed by atoms with van der Waals surface area (Å²) in [5.74, 6) is 1.10. The van der Waals surface area contributed by atoms with Crippen LogP contribution >= 0.6 is 11.6 Å². The molecule has 0 aromatic carbocycles. The first-order valence-electron chi connectivity index (χ1n) is 7.07. The van der Waals surface area contributed by atoms with E-state index < -0.39 is 0 Å². The first-order valence-corrected chi connectivity index (χ1v) is 7.44. The lowest BCUT2D eigenvalue weighted by Gasteiger charge is -2.27. The Morgan fingerprint density at radius 1 is 1.05 bits per heavy atom. The Morgan fingerprint density at radius 2 is 1.68 bits per heavy atom. The molecule has 1 heterocycles. The highest BCUT2D eigenvalue weighted by Crippen LogP contribution is 2.40. The van der Waals surface area contributed by atoms with E-state index in [1.807, 2.05) is 6.92 Å². The van der Waals surface area contributed by atoms with E-state index in [1.165, 1.54) is 32.1 Å². The summed E-state index contributed by atoms with van der Waals surface area (Å²) < 4.78 is 0. The fourth-order valence-electron chi connectivity index (χ4n) is 2.71. The molecular weight excluding hydrogens is 262 g/mol. The Morgan fingerprint density at radius 3 is 2.26 bits per heavy atom. The Bertz CT molecular complexity index is 417. The lowest BCUT2D eigenvalue weighted by molar-refractivity contribution is 0.306. The van der Waals surface area contributed by atoms with Crippen molar-refractivity contribution in [2.45, 2.75) is 46.0 Å². The molecule has 0 aliphatic heterocycles. The van der Waals surface area contributed by atoms with Gasteiger partial charge in [-0.15, -0.1) is 0 Å². The SMILES string of the molecule is CCNc1nc(Cl)nc(NCC2(CC)CCCC2)n1. The molecule has 0 amide bonds. The van der Waals surface area contributed by atoms with Gasteiger partial charge in [-0.25, -0.2) is 0 Å². The third-order valence-electron chi connectivity index (χ3n) is 3.98. The summed E-state index contributed by atoms with van der Waals surface area (Å²) in [4.78, 5) is 12.5. The van der Waals surface area contributed by atoms with Gasteiger partial charge in [0.05, 0.1) is 0 Å². The lowest BCUT2D eigenvalue weighted by Crippen LogP contribution is -2.26. The van der Waals surface area contributed by atoms with Crippen LogP contribution < -0.4 is 10.6 Å². The van der Waals surface area contributed by atoms with Crippen molar-refractivity contribution in [2.75, 3.05) is 23.7 Å². The maximum Gasteiger partial charge on any atom is 0.228 e. The zero-order valence-corrected chi connectivity index (χ0v) is 12.4.